The van der Waals surface area contributed by atoms with Crippen molar-refractivity contribution in [2.45, 2.75) is 19.6 Å². The number of aromatic carboxylic acids is 1. The Morgan fingerprint density at radius 2 is 2.03 bits per heavy atom. The van der Waals surface area contributed by atoms with Crippen LogP contribution in [-0.2, 0) is 19.6 Å². The van der Waals surface area contributed by atoms with Gasteiger partial charge < -0.3 is 20.1 Å². The van der Waals surface area contributed by atoms with E-state index >= 15 is 0 Å². The molecule has 0 bridgehead atoms. The van der Waals surface area contributed by atoms with Crippen LogP contribution >= 0.6 is 11.3 Å². The summed E-state index contributed by atoms with van der Waals surface area (Å²) in [6, 6.07) is 10.3. The van der Waals surface area contributed by atoms with E-state index in [2.05, 4.69) is 20.3 Å². The zero-order chi connectivity index (χ0) is 21.8. The normalized spacial score (nSPS) is 12.4. The van der Waals surface area contributed by atoms with Crippen LogP contribution in [0.15, 0.2) is 47.6 Å². The fourth-order valence-corrected chi connectivity index (χ4v) is 3.86. The quantitative estimate of drug-likeness (QED) is 0.584. The smallest absolute Gasteiger partial charge is 0.335 e. The molecule has 0 aliphatic carbocycles. The van der Waals surface area contributed by atoms with Crippen molar-refractivity contribution in [3.05, 3.63) is 70.0 Å². The summed E-state index contributed by atoms with van der Waals surface area (Å²) in [5.41, 5.74) is 2.82. The molecule has 0 atom stereocenters. The Hall–Kier alpha value is -3.79. The number of aliphatic imine (C=N–C) groups is 1. The van der Waals surface area contributed by atoms with Crippen molar-refractivity contribution < 1.29 is 19.4 Å². The molecule has 10 heteroatoms. The van der Waals surface area contributed by atoms with Crippen molar-refractivity contribution in [2.75, 3.05) is 7.11 Å². The van der Waals surface area contributed by atoms with Gasteiger partial charge in [0.1, 0.15) is 5.00 Å². The molecule has 2 N–H and O–H groups in total. The number of hydrogen-bond donors (Lipinski definition) is 2. The number of methoxy groups -OCH3 is 1. The summed E-state index contributed by atoms with van der Waals surface area (Å²) in [5.74, 6) is -0.725. The molecule has 1 aromatic carbocycles. The van der Waals surface area contributed by atoms with Gasteiger partial charge in [0, 0.05) is 25.4 Å². The molecule has 0 radical (unpaired) electrons. The molecule has 0 spiro atoms. The molecule has 9 nitrogen and oxygen atoms in total. The number of carbonyl (C=O) groups is 2. The Morgan fingerprint density at radius 3 is 2.77 bits per heavy atom. The van der Waals surface area contributed by atoms with Crippen molar-refractivity contribution in [3.63, 3.8) is 0 Å². The molecule has 0 fully saturated rings. The van der Waals surface area contributed by atoms with Crippen LogP contribution in [0, 0.1) is 0 Å². The third-order valence-corrected chi connectivity index (χ3v) is 5.61. The van der Waals surface area contributed by atoms with Crippen LogP contribution in [0.1, 0.15) is 37.0 Å². The number of amides is 1. The van der Waals surface area contributed by atoms with Crippen molar-refractivity contribution in [2.24, 2.45) is 4.99 Å². The lowest BCUT2D eigenvalue weighted by molar-refractivity contribution is 0.0696. The van der Waals surface area contributed by atoms with Gasteiger partial charge in [-0.15, -0.1) is 0 Å². The van der Waals surface area contributed by atoms with E-state index in [-0.39, 0.29) is 11.5 Å². The average molecular weight is 437 g/mol. The van der Waals surface area contributed by atoms with Crippen LogP contribution in [-0.4, -0.2) is 45.3 Å². The fourth-order valence-electron chi connectivity index (χ4n) is 3.03. The van der Waals surface area contributed by atoms with Crippen LogP contribution in [0.25, 0.3) is 0 Å². The molecule has 158 valence electrons. The first-order valence-corrected chi connectivity index (χ1v) is 10.2. The third-order valence-electron chi connectivity index (χ3n) is 4.61. The molecule has 0 saturated carbocycles. The number of carboxylic acid groups (broad SMARTS) is 1. The van der Waals surface area contributed by atoms with Gasteiger partial charge in [0.15, 0.2) is 5.01 Å². The summed E-state index contributed by atoms with van der Waals surface area (Å²) in [7, 11) is 1.54. The van der Waals surface area contributed by atoms with Crippen LogP contribution in [0.3, 0.4) is 0 Å². The fraction of sp³-hybridized carbons (Fsp3) is 0.190. The maximum Gasteiger partial charge on any atom is 0.335 e. The summed E-state index contributed by atoms with van der Waals surface area (Å²) in [4.78, 5) is 38.4. The van der Waals surface area contributed by atoms with E-state index in [4.69, 9.17) is 9.84 Å². The number of pyridine rings is 1. The van der Waals surface area contributed by atoms with Crippen LogP contribution < -0.4 is 10.1 Å². The van der Waals surface area contributed by atoms with E-state index < -0.39 is 5.97 Å². The molecule has 3 aromatic rings. The molecule has 0 unspecified atom stereocenters. The number of aromatic nitrogens is 2. The minimum atomic E-state index is -0.952. The second kappa shape index (κ2) is 8.92. The largest absolute Gasteiger partial charge is 0.481 e. The van der Waals surface area contributed by atoms with Gasteiger partial charge in [-0.2, -0.15) is 0 Å². The van der Waals surface area contributed by atoms with E-state index in [1.165, 1.54) is 11.3 Å². The average Bonchev–Trinajstić information content (AvgIpc) is 3.21. The highest BCUT2D eigenvalue weighted by molar-refractivity contribution is 7.17. The lowest BCUT2D eigenvalue weighted by Crippen LogP contribution is -2.24. The number of thiazole rings is 1. The SMILES string of the molecule is COc1cc(CNC(=O)c2nc3c(s2)N=CN(Cc2ccc(C(=O)O)cc2)C3)ccn1. The standard InChI is InChI=1S/C21H19N5O4S/c1-30-17-8-14(6-7-22-17)9-23-18(27)20-25-16-11-26(12-24-19(16)31-20)10-13-2-4-15(5-3-13)21(28)29/h2-8,12H,9-11H2,1H3,(H,23,27)(H,28,29). The lowest BCUT2D eigenvalue weighted by Gasteiger charge is -2.21. The van der Waals surface area contributed by atoms with Gasteiger partial charge in [-0.25, -0.2) is 19.8 Å². The van der Waals surface area contributed by atoms with E-state index in [1.54, 1.807) is 56.0 Å². The number of carbonyl (C=O) groups excluding carboxylic acids is 1. The lowest BCUT2D eigenvalue weighted by atomic mass is 10.1. The number of carboxylic acids is 1. The van der Waals surface area contributed by atoms with Crippen molar-refractivity contribution in [1.82, 2.24) is 20.2 Å². The van der Waals surface area contributed by atoms with E-state index in [0.29, 0.717) is 35.5 Å². The Kier molecular flexibility index (Phi) is 5.89. The maximum atomic E-state index is 12.5. The summed E-state index contributed by atoms with van der Waals surface area (Å²) >= 11 is 1.25. The molecule has 1 aliphatic rings. The number of benzene rings is 1. The first-order chi connectivity index (χ1) is 15.0. The summed E-state index contributed by atoms with van der Waals surface area (Å²) in [5, 5.41) is 12.9. The molecule has 1 aliphatic heterocycles. The molecule has 1 amide bonds. The molecule has 4 rings (SSSR count). The molecule has 3 heterocycles. The van der Waals surface area contributed by atoms with Crippen LogP contribution in [0.5, 0.6) is 5.88 Å². The summed E-state index contributed by atoms with van der Waals surface area (Å²) in [6.07, 6.45) is 3.34. The van der Waals surface area contributed by atoms with Gasteiger partial charge in [-0.1, -0.05) is 23.5 Å². The topological polar surface area (TPSA) is 117 Å². The van der Waals surface area contributed by atoms with Gasteiger partial charge in [0.2, 0.25) is 5.88 Å². The highest BCUT2D eigenvalue weighted by Crippen LogP contribution is 2.31. The van der Waals surface area contributed by atoms with Gasteiger partial charge in [0.05, 0.1) is 31.3 Å². The van der Waals surface area contributed by atoms with Gasteiger partial charge >= 0.3 is 5.97 Å². The Bertz CT molecular complexity index is 1140. The van der Waals surface area contributed by atoms with Crippen molar-refractivity contribution in [1.29, 1.82) is 0 Å². The molecular weight excluding hydrogens is 418 g/mol. The number of nitrogens with one attached hydrogen (secondary N) is 1. The Balaban J connectivity index is 1.37. The molecule has 2 aromatic heterocycles. The summed E-state index contributed by atoms with van der Waals surface area (Å²) in [6.45, 7) is 1.42. The van der Waals surface area contributed by atoms with Crippen molar-refractivity contribution >= 4 is 34.6 Å². The predicted octanol–water partition coefficient (Wildman–Crippen LogP) is 2.85. The Morgan fingerprint density at radius 1 is 1.23 bits per heavy atom. The minimum Gasteiger partial charge on any atom is -0.481 e. The van der Waals surface area contributed by atoms with Crippen LogP contribution in [0.2, 0.25) is 0 Å². The van der Waals surface area contributed by atoms with Crippen LogP contribution in [0.4, 0.5) is 5.00 Å². The number of hydrogen-bond acceptors (Lipinski definition) is 8. The Labute approximate surface area is 182 Å². The number of fused-ring (bicyclic) bond motifs is 1. The number of rotatable bonds is 7. The third kappa shape index (κ3) is 4.86. The maximum absolute atomic E-state index is 12.5. The molecular formula is C21H19N5O4S. The van der Waals surface area contributed by atoms with Gasteiger partial charge in [-0.05, 0) is 29.3 Å². The van der Waals surface area contributed by atoms with E-state index in [9.17, 15) is 9.59 Å². The zero-order valence-electron chi connectivity index (χ0n) is 16.6. The summed E-state index contributed by atoms with van der Waals surface area (Å²) < 4.78 is 5.09. The second-order valence-corrected chi connectivity index (χ2v) is 7.79. The highest BCUT2D eigenvalue weighted by atomic mass is 32.1. The number of ether oxygens (including phenoxy) is 1. The van der Waals surface area contributed by atoms with Gasteiger partial charge in [-0.3, -0.25) is 4.79 Å². The zero-order valence-corrected chi connectivity index (χ0v) is 17.4. The van der Waals surface area contributed by atoms with Crippen molar-refractivity contribution in [3.8, 4) is 5.88 Å². The van der Waals surface area contributed by atoms with E-state index in [0.717, 1.165) is 16.8 Å². The second-order valence-electron chi connectivity index (χ2n) is 6.81. The van der Waals surface area contributed by atoms with E-state index in [1.807, 2.05) is 4.90 Å². The molecule has 0 saturated heterocycles. The molecule has 31 heavy (non-hydrogen) atoms. The first-order valence-electron chi connectivity index (χ1n) is 9.39. The monoisotopic (exact) mass is 437 g/mol. The highest BCUT2D eigenvalue weighted by Gasteiger charge is 2.21. The van der Waals surface area contributed by atoms with Gasteiger partial charge in [0.25, 0.3) is 5.91 Å². The minimum absolute atomic E-state index is 0.249. The predicted molar refractivity (Wildman–Crippen MR) is 115 cm³/mol. The number of nitrogens with zero attached hydrogens (tertiary/aromatic N) is 4. The first kappa shape index (κ1) is 20.5.